The van der Waals surface area contributed by atoms with Crippen molar-refractivity contribution < 1.29 is 14.3 Å². The van der Waals surface area contributed by atoms with Crippen molar-refractivity contribution in [2.75, 3.05) is 12.4 Å². The molecule has 0 heterocycles. The third-order valence-corrected chi connectivity index (χ3v) is 4.08. The van der Waals surface area contributed by atoms with Crippen LogP contribution in [0.3, 0.4) is 0 Å². The third kappa shape index (κ3) is 4.56. The molecule has 1 aromatic rings. The summed E-state index contributed by atoms with van der Waals surface area (Å²) in [6.07, 6.45) is 1.96. The lowest BCUT2D eigenvalue weighted by molar-refractivity contribution is -0.147. The van der Waals surface area contributed by atoms with E-state index in [-0.39, 0.29) is 17.8 Å². The highest BCUT2D eigenvalue weighted by Crippen LogP contribution is 2.33. The molecule has 0 saturated heterocycles. The molecule has 1 N–H and O–H groups in total. The van der Waals surface area contributed by atoms with Gasteiger partial charge >= 0.3 is 5.97 Å². The van der Waals surface area contributed by atoms with E-state index in [9.17, 15) is 9.59 Å². The molecule has 5 heteroatoms. The number of hydrogen-bond donors (Lipinski definition) is 1. The maximum atomic E-state index is 11.9. The van der Waals surface area contributed by atoms with Gasteiger partial charge in [-0.3, -0.25) is 4.79 Å². The lowest BCUT2D eigenvalue weighted by Gasteiger charge is -2.16. The Morgan fingerprint density at radius 1 is 1.35 bits per heavy atom. The summed E-state index contributed by atoms with van der Waals surface area (Å²) in [6.45, 7) is 2.12. The van der Waals surface area contributed by atoms with Gasteiger partial charge in [-0.15, -0.1) is 11.8 Å². The molecule has 1 aliphatic carbocycles. The zero-order valence-electron chi connectivity index (χ0n) is 11.5. The average Bonchev–Trinajstić information content (AvgIpc) is 3.28. The van der Waals surface area contributed by atoms with Crippen LogP contribution >= 0.6 is 11.8 Å². The molecule has 0 aromatic heterocycles. The first-order valence-electron chi connectivity index (χ1n) is 6.84. The summed E-state index contributed by atoms with van der Waals surface area (Å²) in [5, 5.41) is 2.80. The van der Waals surface area contributed by atoms with E-state index in [2.05, 4.69) is 5.32 Å². The highest BCUT2D eigenvalue weighted by Gasteiger charge is 2.38. The van der Waals surface area contributed by atoms with E-state index in [1.165, 1.54) is 11.8 Å². The molecule has 20 heavy (non-hydrogen) atoms. The van der Waals surface area contributed by atoms with Crippen molar-refractivity contribution >= 4 is 23.6 Å². The number of carbonyl (C=O) groups is 2. The lowest BCUT2D eigenvalue weighted by atomic mass is 10.2. The Bertz CT molecular complexity index is 459. The maximum absolute atomic E-state index is 11.9. The van der Waals surface area contributed by atoms with Crippen LogP contribution in [0.5, 0.6) is 0 Å². The summed E-state index contributed by atoms with van der Waals surface area (Å²) in [5.74, 6) is 0.128. The first-order valence-corrected chi connectivity index (χ1v) is 7.83. The fourth-order valence-electron chi connectivity index (χ4n) is 1.91. The second-order valence-corrected chi connectivity index (χ2v) is 5.79. The molecule has 2 rings (SSSR count). The molecule has 1 atom stereocenters. The van der Waals surface area contributed by atoms with E-state index in [0.717, 1.165) is 17.7 Å². The van der Waals surface area contributed by atoms with Gasteiger partial charge in [0.1, 0.15) is 6.04 Å². The number of carbonyl (C=O) groups excluding carboxylic acids is 2. The number of ether oxygens (including phenoxy) is 1. The highest BCUT2D eigenvalue weighted by atomic mass is 32.2. The van der Waals surface area contributed by atoms with Crippen LogP contribution in [0.2, 0.25) is 0 Å². The number of rotatable bonds is 7. The van der Waals surface area contributed by atoms with Gasteiger partial charge in [0, 0.05) is 4.90 Å². The van der Waals surface area contributed by atoms with E-state index < -0.39 is 6.04 Å². The van der Waals surface area contributed by atoms with Crippen molar-refractivity contribution in [1.82, 2.24) is 5.32 Å². The Labute approximate surface area is 123 Å². The minimum absolute atomic E-state index is 0.121. The van der Waals surface area contributed by atoms with Crippen LogP contribution in [0, 0.1) is 5.92 Å². The van der Waals surface area contributed by atoms with Gasteiger partial charge in [0.2, 0.25) is 5.91 Å². The van der Waals surface area contributed by atoms with Crippen LogP contribution in [-0.2, 0) is 14.3 Å². The van der Waals surface area contributed by atoms with Gasteiger partial charge in [-0.05, 0) is 37.8 Å². The molecule has 1 unspecified atom stereocenters. The summed E-state index contributed by atoms with van der Waals surface area (Å²) < 4.78 is 5.01. The van der Waals surface area contributed by atoms with E-state index in [1.807, 2.05) is 30.3 Å². The highest BCUT2D eigenvalue weighted by molar-refractivity contribution is 8.00. The summed E-state index contributed by atoms with van der Waals surface area (Å²) in [4.78, 5) is 24.8. The molecule has 0 aliphatic heterocycles. The number of benzene rings is 1. The van der Waals surface area contributed by atoms with Crippen molar-refractivity contribution in [2.24, 2.45) is 5.92 Å². The Kier molecular flexibility index (Phi) is 5.47. The van der Waals surface area contributed by atoms with E-state index in [1.54, 1.807) is 6.92 Å². The van der Waals surface area contributed by atoms with Crippen LogP contribution in [-0.4, -0.2) is 30.3 Å². The molecule has 0 bridgehead atoms. The summed E-state index contributed by atoms with van der Waals surface area (Å²) in [5.41, 5.74) is 0. The molecule has 1 fully saturated rings. The fraction of sp³-hybridized carbons (Fsp3) is 0.467. The van der Waals surface area contributed by atoms with Gasteiger partial charge in [-0.2, -0.15) is 0 Å². The van der Waals surface area contributed by atoms with Crippen LogP contribution < -0.4 is 5.32 Å². The van der Waals surface area contributed by atoms with Crippen molar-refractivity contribution in [2.45, 2.75) is 30.7 Å². The monoisotopic (exact) mass is 293 g/mol. The largest absolute Gasteiger partial charge is 0.464 e. The van der Waals surface area contributed by atoms with Crippen molar-refractivity contribution in [3.05, 3.63) is 30.3 Å². The number of hydrogen-bond acceptors (Lipinski definition) is 4. The molecule has 0 radical (unpaired) electrons. The molecule has 0 spiro atoms. The topological polar surface area (TPSA) is 55.4 Å². The van der Waals surface area contributed by atoms with Crippen molar-refractivity contribution in [3.8, 4) is 0 Å². The van der Waals surface area contributed by atoms with Crippen LogP contribution in [0.15, 0.2) is 35.2 Å². The molecule has 1 amide bonds. The maximum Gasteiger partial charge on any atom is 0.328 e. The van der Waals surface area contributed by atoms with Crippen LogP contribution in [0.1, 0.15) is 19.8 Å². The van der Waals surface area contributed by atoms with Gasteiger partial charge in [0.15, 0.2) is 0 Å². The molecule has 4 nitrogen and oxygen atoms in total. The lowest BCUT2D eigenvalue weighted by Crippen LogP contribution is -2.44. The zero-order valence-corrected chi connectivity index (χ0v) is 12.3. The Morgan fingerprint density at radius 3 is 2.65 bits per heavy atom. The normalized spacial score (nSPS) is 15.4. The number of amides is 1. The first-order chi connectivity index (χ1) is 9.70. The van der Waals surface area contributed by atoms with Crippen LogP contribution in [0.4, 0.5) is 0 Å². The number of esters is 1. The molecular formula is C15H19NO3S. The Morgan fingerprint density at radius 2 is 2.05 bits per heavy atom. The minimum atomic E-state index is -0.473. The molecule has 1 aromatic carbocycles. The quantitative estimate of drug-likeness (QED) is 0.619. The average molecular weight is 293 g/mol. The van der Waals surface area contributed by atoms with Gasteiger partial charge in [-0.1, -0.05) is 18.2 Å². The summed E-state index contributed by atoms with van der Waals surface area (Å²) in [7, 11) is 0. The van der Waals surface area contributed by atoms with Gasteiger partial charge in [-0.25, -0.2) is 4.79 Å². The van der Waals surface area contributed by atoms with Crippen LogP contribution in [0.25, 0.3) is 0 Å². The smallest absolute Gasteiger partial charge is 0.328 e. The van der Waals surface area contributed by atoms with Gasteiger partial charge in [0.25, 0.3) is 0 Å². The Balaban J connectivity index is 1.81. The second-order valence-electron chi connectivity index (χ2n) is 4.74. The SMILES string of the molecule is CCOC(=O)C(NC(=O)CSc1ccccc1)C1CC1. The second kappa shape index (κ2) is 7.33. The molecule has 1 saturated carbocycles. The summed E-state index contributed by atoms with van der Waals surface area (Å²) >= 11 is 1.46. The van der Waals surface area contributed by atoms with E-state index in [0.29, 0.717) is 12.4 Å². The molecule has 108 valence electrons. The minimum Gasteiger partial charge on any atom is -0.464 e. The fourth-order valence-corrected chi connectivity index (χ4v) is 2.64. The van der Waals surface area contributed by atoms with Crippen molar-refractivity contribution in [1.29, 1.82) is 0 Å². The summed E-state index contributed by atoms with van der Waals surface area (Å²) in [6, 6.07) is 9.26. The molecular weight excluding hydrogens is 274 g/mol. The Hall–Kier alpha value is -1.49. The third-order valence-electron chi connectivity index (χ3n) is 3.06. The van der Waals surface area contributed by atoms with E-state index in [4.69, 9.17) is 4.74 Å². The van der Waals surface area contributed by atoms with Gasteiger partial charge < -0.3 is 10.1 Å². The standard InChI is InChI=1S/C15H19NO3S/c1-2-19-15(18)14(11-8-9-11)16-13(17)10-20-12-6-4-3-5-7-12/h3-7,11,14H,2,8-10H2,1H3,(H,16,17). The van der Waals surface area contributed by atoms with E-state index >= 15 is 0 Å². The zero-order chi connectivity index (χ0) is 14.4. The van der Waals surface area contributed by atoms with Gasteiger partial charge in [0.05, 0.1) is 12.4 Å². The number of nitrogens with one attached hydrogen (secondary N) is 1. The predicted molar refractivity (Wildman–Crippen MR) is 78.5 cm³/mol. The predicted octanol–water partition coefficient (Wildman–Crippen LogP) is 2.24. The number of thioether (sulfide) groups is 1. The first kappa shape index (κ1) is 14.9. The molecule has 1 aliphatic rings. The van der Waals surface area contributed by atoms with Crippen molar-refractivity contribution in [3.63, 3.8) is 0 Å².